The quantitative estimate of drug-likeness (QED) is 0.223. The van der Waals surface area contributed by atoms with Gasteiger partial charge in [0.05, 0.1) is 0 Å². The van der Waals surface area contributed by atoms with Gasteiger partial charge in [-0.2, -0.15) is 5.21 Å². The topological polar surface area (TPSA) is 125 Å². The van der Waals surface area contributed by atoms with E-state index in [0.717, 1.165) is 0 Å². The van der Waals surface area contributed by atoms with E-state index >= 15 is 0 Å². The number of aliphatic imine (C=N–C) groups is 1. The van der Waals surface area contributed by atoms with Crippen LogP contribution in [0.2, 0.25) is 0 Å². The van der Waals surface area contributed by atoms with Crippen LogP contribution in [0.3, 0.4) is 0 Å². The van der Waals surface area contributed by atoms with Crippen LogP contribution in [0, 0.1) is 0 Å². The molecule has 1 heterocycles. The highest BCUT2D eigenvalue weighted by Gasteiger charge is 1.94. The number of aromatic nitrogens is 4. The Kier molecular flexibility index (Phi) is 2.33. The molecule has 1 aromatic rings. The Hall–Kier alpha value is -1.70. The monoisotopic (exact) mass is 157 g/mol. The molecule has 1 rings (SSSR count). The molecule has 8 nitrogen and oxygen atoms in total. The minimum absolute atomic E-state index is 0.0881. The van der Waals surface area contributed by atoms with Crippen molar-refractivity contribution in [1.29, 1.82) is 0 Å². The van der Waals surface area contributed by atoms with E-state index in [1.165, 1.54) is 0 Å². The molecule has 11 heavy (non-hydrogen) atoms. The van der Waals surface area contributed by atoms with Crippen molar-refractivity contribution in [3.05, 3.63) is 5.82 Å². The Bertz CT molecular complexity index is 228. The van der Waals surface area contributed by atoms with Gasteiger partial charge in [-0.25, -0.2) is 10.5 Å². The molecule has 60 valence electrons. The van der Waals surface area contributed by atoms with Crippen molar-refractivity contribution in [1.82, 2.24) is 26.1 Å². The van der Waals surface area contributed by atoms with Crippen LogP contribution in [0.1, 0.15) is 5.82 Å². The standard InChI is InChI=1S/C3H7N7O/c4-3(8-11)5-1-2-6-9-10-7-2/h11H,1H2,(H3,4,5,8)(H,6,7,9,10). The minimum Gasteiger partial charge on any atom is -0.368 e. The zero-order chi connectivity index (χ0) is 8.10. The Labute approximate surface area is 61.5 Å². The second-order valence-electron chi connectivity index (χ2n) is 1.64. The zero-order valence-corrected chi connectivity index (χ0v) is 5.52. The molecule has 5 N–H and O–H groups in total. The molecular formula is C3H7N7O. The van der Waals surface area contributed by atoms with Crippen molar-refractivity contribution < 1.29 is 5.21 Å². The summed E-state index contributed by atoms with van der Waals surface area (Å²) in [4.78, 5) is 3.63. The highest BCUT2D eigenvalue weighted by molar-refractivity contribution is 5.76. The number of aromatic amines is 1. The van der Waals surface area contributed by atoms with Crippen molar-refractivity contribution in [2.24, 2.45) is 10.7 Å². The van der Waals surface area contributed by atoms with Gasteiger partial charge in [-0.1, -0.05) is 5.21 Å². The maximum absolute atomic E-state index is 8.19. The van der Waals surface area contributed by atoms with Crippen molar-refractivity contribution >= 4 is 5.96 Å². The van der Waals surface area contributed by atoms with Gasteiger partial charge in [0.2, 0.25) is 5.96 Å². The maximum atomic E-state index is 8.19. The number of hydrogen-bond donors (Lipinski definition) is 4. The molecule has 0 fully saturated rings. The normalized spacial score (nSPS) is 11.5. The van der Waals surface area contributed by atoms with Gasteiger partial charge < -0.3 is 5.73 Å². The van der Waals surface area contributed by atoms with Gasteiger partial charge >= 0.3 is 0 Å². The number of H-pyrrole nitrogens is 1. The molecule has 8 heteroatoms. The lowest BCUT2D eigenvalue weighted by atomic mass is 10.6. The smallest absolute Gasteiger partial charge is 0.213 e. The van der Waals surface area contributed by atoms with Crippen molar-refractivity contribution in [3.8, 4) is 0 Å². The van der Waals surface area contributed by atoms with E-state index in [-0.39, 0.29) is 12.5 Å². The molecule has 0 aliphatic heterocycles. The van der Waals surface area contributed by atoms with Crippen LogP contribution in [0.15, 0.2) is 4.99 Å². The number of nitrogens with zero attached hydrogens (tertiary/aromatic N) is 4. The van der Waals surface area contributed by atoms with E-state index < -0.39 is 0 Å². The molecule has 0 bridgehead atoms. The van der Waals surface area contributed by atoms with E-state index in [2.05, 4.69) is 25.6 Å². The number of nitrogens with two attached hydrogens (primary N) is 1. The van der Waals surface area contributed by atoms with Gasteiger partial charge in [0, 0.05) is 0 Å². The second kappa shape index (κ2) is 3.46. The van der Waals surface area contributed by atoms with Crippen LogP contribution in [-0.2, 0) is 6.54 Å². The summed E-state index contributed by atoms with van der Waals surface area (Å²) in [6.45, 7) is 0.176. The summed E-state index contributed by atoms with van der Waals surface area (Å²) >= 11 is 0. The van der Waals surface area contributed by atoms with E-state index in [0.29, 0.717) is 5.82 Å². The molecule has 1 aromatic heterocycles. The van der Waals surface area contributed by atoms with Crippen molar-refractivity contribution in [2.75, 3.05) is 0 Å². The maximum Gasteiger partial charge on any atom is 0.213 e. The Balaban J connectivity index is 2.45. The van der Waals surface area contributed by atoms with Crippen LogP contribution in [0.4, 0.5) is 0 Å². The average molecular weight is 157 g/mol. The van der Waals surface area contributed by atoms with Crippen LogP contribution in [0.5, 0.6) is 0 Å². The molecule has 0 saturated carbocycles. The molecule has 0 saturated heterocycles. The van der Waals surface area contributed by atoms with Gasteiger partial charge in [0.15, 0.2) is 5.82 Å². The summed E-state index contributed by atoms with van der Waals surface area (Å²) in [6, 6.07) is 0. The Morgan fingerprint density at radius 1 is 1.82 bits per heavy atom. The number of tetrazole rings is 1. The van der Waals surface area contributed by atoms with Crippen LogP contribution in [0.25, 0.3) is 0 Å². The number of hydrogen-bond acceptors (Lipinski definition) is 5. The molecule has 0 unspecified atom stereocenters. The molecule has 0 aromatic carbocycles. The van der Waals surface area contributed by atoms with Crippen LogP contribution < -0.4 is 11.2 Å². The second-order valence-corrected chi connectivity index (χ2v) is 1.64. The summed E-state index contributed by atoms with van der Waals surface area (Å²) < 4.78 is 0. The summed E-state index contributed by atoms with van der Waals surface area (Å²) in [5, 5.41) is 20.9. The Morgan fingerprint density at radius 2 is 2.64 bits per heavy atom. The largest absolute Gasteiger partial charge is 0.368 e. The summed E-state index contributed by atoms with van der Waals surface area (Å²) in [5.74, 6) is 0.318. The highest BCUT2D eigenvalue weighted by Crippen LogP contribution is 1.85. The lowest BCUT2D eigenvalue weighted by molar-refractivity contribution is 0.232. The van der Waals surface area contributed by atoms with Gasteiger partial charge in [0.25, 0.3) is 0 Å². The van der Waals surface area contributed by atoms with E-state index in [9.17, 15) is 0 Å². The van der Waals surface area contributed by atoms with Gasteiger partial charge in [-0.15, -0.1) is 10.2 Å². The fourth-order valence-electron chi connectivity index (χ4n) is 0.441. The predicted molar refractivity (Wildman–Crippen MR) is 34.4 cm³/mol. The SMILES string of the molecule is NC(=NCc1nn[nH]n1)NO. The first kappa shape index (κ1) is 7.41. The summed E-state index contributed by atoms with van der Waals surface area (Å²) in [5.41, 5.74) is 6.76. The zero-order valence-electron chi connectivity index (χ0n) is 5.52. The molecule has 0 aliphatic rings. The summed E-state index contributed by atoms with van der Waals surface area (Å²) in [7, 11) is 0. The lowest BCUT2D eigenvalue weighted by Gasteiger charge is -1.93. The fourth-order valence-corrected chi connectivity index (χ4v) is 0.441. The predicted octanol–water partition coefficient (Wildman–Crippen LogP) is -2.01. The highest BCUT2D eigenvalue weighted by atomic mass is 16.5. The summed E-state index contributed by atoms with van der Waals surface area (Å²) in [6.07, 6.45) is 0. The third-order valence-electron chi connectivity index (χ3n) is 0.895. The number of nitrogens with one attached hydrogen (secondary N) is 2. The first-order valence-corrected chi connectivity index (χ1v) is 2.75. The number of guanidine groups is 1. The van der Waals surface area contributed by atoms with E-state index in [1.807, 2.05) is 0 Å². The first-order chi connectivity index (χ1) is 5.33. The third-order valence-corrected chi connectivity index (χ3v) is 0.895. The average Bonchev–Trinajstić information content (AvgIpc) is 2.52. The fraction of sp³-hybridized carbons (Fsp3) is 0.333. The van der Waals surface area contributed by atoms with Crippen LogP contribution >= 0.6 is 0 Å². The Morgan fingerprint density at radius 3 is 3.18 bits per heavy atom. The van der Waals surface area contributed by atoms with E-state index in [1.54, 1.807) is 5.48 Å². The molecule has 0 atom stereocenters. The van der Waals surface area contributed by atoms with Crippen molar-refractivity contribution in [2.45, 2.75) is 6.54 Å². The van der Waals surface area contributed by atoms with Crippen LogP contribution in [-0.4, -0.2) is 31.8 Å². The lowest BCUT2D eigenvalue weighted by Crippen LogP contribution is -2.28. The van der Waals surface area contributed by atoms with Crippen molar-refractivity contribution in [3.63, 3.8) is 0 Å². The molecule has 0 spiro atoms. The first-order valence-electron chi connectivity index (χ1n) is 2.75. The number of hydroxylamine groups is 1. The molecule has 0 amide bonds. The van der Waals surface area contributed by atoms with E-state index in [4.69, 9.17) is 10.9 Å². The number of rotatable bonds is 2. The van der Waals surface area contributed by atoms with Gasteiger partial charge in [0.1, 0.15) is 6.54 Å². The minimum atomic E-state index is -0.0881. The molecular weight excluding hydrogens is 150 g/mol. The van der Waals surface area contributed by atoms with Gasteiger partial charge in [-0.3, -0.25) is 5.21 Å². The molecule has 0 aliphatic carbocycles. The third kappa shape index (κ3) is 2.18. The van der Waals surface area contributed by atoms with Gasteiger partial charge in [-0.05, 0) is 0 Å². The molecule has 0 radical (unpaired) electrons.